The number of nitrogen functional groups attached to an aromatic ring is 1. The van der Waals surface area contributed by atoms with Crippen molar-refractivity contribution in [3.8, 4) is 0 Å². The van der Waals surface area contributed by atoms with Crippen LogP contribution in [-0.4, -0.2) is 23.5 Å². The first-order valence-corrected chi connectivity index (χ1v) is 7.01. The quantitative estimate of drug-likeness (QED) is 0.811. The van der Waals surface area contributed by atoms with Crippen LogP contribution in [0.4, 0.5) is 5.69 Å². The van der Waals surface area contributed by atoms with E-state index in [9.17, 15) is 4.79 Å². The number of carbonyl (C=O) groups is 1. The number of hydrogen-bond donors (Lipinski definition) is 2. The number of halogens is 1. The number of carbonyl (C=O) groups excluding carboxylic acids is 1. The molecule has 1 aromatic carbocycles. The van der Waals surface area contributed by atoms with Gasteiger partial charge in [0.2, 0.25) is 0 Å². The molecule has 3 nitrogen and oxygen atoms in total. The molecule has 0 bridgehead atoms. The second kappa shape index (κ2) is 6.77. The Kier molecular flexibility index (Phi) is 5.65. The lowest BCUT2D eigenvalue weighted by molar-refractivity contribution is 0.0944. The van der Waals surface area contributed by atoms with Crippen molar-refractivity contribution in [3.05, 3.63) is 28.8 Å². The molecule has 1 rings (SSSR count). The van der Waals surface area contributed by atoms with Crippen molar-refractivity contribution in [1.82, 2.24) is 5.32 Å². The highest BCUT2D eigenvalue weighted by Crippen LogP contribution is 2.18. The highest BCUT2D eigenvalue weighted by Gasteiger charge is 2.12. The van der Waals surface area contributed by atoms with Gasteiger partial charge in [-0.1, -0.05) is 18.5 Å². The molecule has 0 spiro atoms. The predicted octanol–water partition coefficient (Wildman–Crippen LogP) is 2.79. The third-order valence-electron chi connectivity index (χ3n) is 2.21. The van der Waals surface area contributed by atoms with Gasteiger partial charge in [-0.25, -0.2) is 0 Å². The zero-order valence-corrected chi connectivity index (χ0v) is 11.6. The Labute approximate surface area is 111 Å². The van der Waals surface area contributed by atoms with E-state index in [4.69, 9.17) is 17.3 Å². The van der Waals surface area contributed by atoms with E-state index in [-0.39, 0.29) is 11.9 Å². The number of amides is 1. The zero-order valence-electron chi connectivity index (χ0n) is 10.00. The van der Waals surface area contributed by atoms with Gasteiger partial charge in [-0.05, 0) is 30.9 Å². The first kappa shape index (κ1) is 14.2. The van der Waals surface area contributed by atoms with Crippen LogP contribution in [0.5, 0.6) is 0 Å². The second-order valence-corrected chi connectivity index (χ2v) is 5.52. The largest absolute Gasteiger partial charge is 0.398 e. The number of nitrogens with two attached hydrogens (primary N) is 1. The Morgan fingerprint density at radius 3 is 2.88 bits per heavy atom. The minimum atomic E-state index is -0.150. The molecule has 94 valence electrons. The number of thioether (sulfide) groups is 1. The van der Waals surface area contributed by atoms with Gasteiger partial charge >= 0.3 is 0 Å². The molecule has 1 unspecified atom stereocenters. The van der Waals surface area contributed by atoms with Gasteiger partial charge in [0.15, 0.2) is 0 Å². The van der Waals surface area contributed by atoms with Crippen LogP contribution < -0.4 is 11.1 Å². The Morgan fingerprint density at radius 1 is 1.59 bits per heavy atom. The van der Waals surface area contributed by atoms with Gasteiger partial charge < -0.3 is 11.1 Å². The lowest BCUT2D eigenvalue weighted by Gasteiger charge is -2.14. The van der Waals surface area contributed by atoms with Gasteiger partial charge in [0.05, 0.1) is 5.56 Å². The summed E-state index contributed by atoms with van der Waals surface area (Å²) in [5.74, 6) is 1.79. The van der Waals surface area contributed by atoms with Crippen LogP contribution in [0.2, 0.25) is 5.02 Å². The third kappa shape index (κ3) is 4.48. The van der Waals surface area contributed by atoms with Crippen molar-refractivity contribution in [1.29, 1.82) is 0 Å². The van der Waals surface area contributed by atoms with Crippen LogP contribution in [0.3, 0.4) is 0 Å². The molecule has 0 aliphatic rings. The third-order valence-corrected chi connectivity index (χ3v) is 3.59. The van der Waals surface area contributed by atoms with Crippen LogP contribution in [0.15, 0.2) is 18.2 Å². The molecule has 1 atom stereocenters. The molecule has 0 heterocycles. The Balaban J connectivity index is 2.63. The summed E-state index contributed by atoms with van der Waals surface area (Å²) in [7, 11) is 0. The fourth-order valence-corrected chi connectivity index (χ4v) is 2.23. The first-order chi connectivity index (χ1) is 8.04. The maximum Gasteiger partial charge on any atom is 0.253 e. The normalized spacial score (nSPS) is 12.2. The van der Waals surface area contributed by atoms with Crippen LogP contribution in [0.25, 0.3) is 0 Å². The Hall–Kier alpha value is -0.870. The van der Waals surface area contributed by atoms with Crippen molar-refractivity contribution < 1.29 is 4.79 Å². The van der Waals surface area contributed by atoms with Crippen molar-refractivity contribution in [2.75, 3.05) is 17.2 Å². The summed E-state index contributed by atoms with van der Waals surface area (Å²) in [6.07, 6.45) is 0. The van der Waals surface area contributed by atoms with Crippen molar-refractivity contribution in [2.45, 2.75) is 19.9 Å². The smallest absolute Gasteiger partial charge is 0.253 e. The van der Waals surface area contributed by atoms with Crippen LogP contribution in [0.1, 0.15) is 24.2 Å². The zero-order chi connectivity index (χ0) is 12.8. The van der Waals surface area contributed by atoms with Crippen LogP contribution in [-0.2, 0) is 0 Å². The van der Waals surface area contributed by atoms with E-state index in [2.05, 4.69) is 12.2 Å². The molecule has 0 aromatic heterocycles. The molecule has 5 heteroatoms. The predicted molar refractivity (Wildman–Crippen MR) is 75.8 cm³/mol. The standard InChI is InChI=1S/C12H17ClN2OS/c1-3-17-7-8(2)15-12(16)10-5-4-9(13)6-11(10)14/h4-6,8H,3,7,14H2,1-2H3,(H,15,16). The fraction of sp³-hybridized carbons (Fsp3) is 0.417. The number of benzene rings is 1. The summed E-state index contributed by atoms with van der Waals surface area (Å²) >= 11 is 7.57. The minimum absolute atomic E-state index is 0.127. The van der Waals surface area contributed by atoms with E-state index in [0.29, 0.717) is 16.3 Å². The molecular formula is C12H17ClN2OS. The van der Waals surface area contributed by atoms with Crippen LogP contribution in [0, 0.1) is 0 Å². The highest BCUT2D eigenvalue weighted by molar-refractivity contribution is 7.99. The highest BCUT2D eigenvalue weighted by atomic mass is 35.5. The molecule has 0 aliphatic carbocycles. The van der Waals surface area contributed by atoms with E-state index in [1.807, 2.05) is 6.92 Å². The molecule has 0 fully saturated rings. The van der Waals surface area contributed by atoms with E-state index < -0.39 is 0 Å². The fourth-order valence-electron chi connectivity index (χ4n) is 1.38. The summed E-state index contributed by atoms with van der Waals surface area (Å²) in [5, 5.41) is 3.44. The van der Waals surface area contributed by atoms with Gasteiger partial charge in [-0.15, -0.1) is 0 Å². The molecule has 0 aliphatic heterocycles. The van der Waals surface area contributed by atoms with Gasteiger partial charge in [0.25, 0.3) is 5.91 Å². The van der Waals surface area contributed by atoms with Crippen molar-refractivity contribution >= 4 is 35.0 Å². The van der Waals surface area contributed by atoms with Crippen molar-refractivity contribution in [2.24, 2.45) is 0 Å². The SMILES string of the molecule is CCSCC(C)NC(=O)c1ccc(Cl)cc1N. The molecule has 3 N–H and O–H groups in total. The molecule has 1 aromatic rings. The second-order valence-electron chi connectivity index (χ2n) is 3.77. The van der Waals surface area contributed by atoms with E-state index >= 15 is 0 Å². The lowest BCUT2D eigenvalue weighted by Crippen LogP contribution is -2.34. The van der Waals surface area contributed by atoms with E-state index in [1.54, 1.807) is 30.0 Å². The van der Waals surface area contributed by atoms with Gasteiger partial charge in [-0.2, -0.15) is 11.8 Å². The molecule has 17 heavy (non-hydrogen) atoms. The maximum atomic E-state index is 11.9. The Morgan fingerprint density at radius 2 is 2.29 bits per heavy atom. The molecule has 0 saturated heterocycles. The molecule has 0 saturated carbocycles. The van der Waals surface area contributed by atoms with Gasteiger partial charge in [0, 0.05) is 22.5 Å². The number of nitrogens with one attached hydrogen (secondary N) is 1. The average Bonchev–Trinajstić information content (AvgIpc) is 2.26. The minimum Gasteiger partial charge on any atom is -0.398 e. The molecule has 1 amide bonds. The summed E-state index contributed by atoms with van der Waals surface area (Å²) in [6, 6.07) is 5.02. The lowest BCUT2D eigenvalue weighted by atomic mass is 10.1. The average molecular weight is 273 g/mol. The van der Waals surface area contributed by atoms with Gasteiger partial charge in [-0.3, -0.25) is 4.79 Å². The van der Waals surface area contributed by atoms with Crippen molar-refractivity contribution in [3.63, 3.8) is 0 Å². The maximum absolute atomic E-state index is 11.9. The summed E-state index contributed by atoms with van der Waals surface area (Å²) < 4.78 is 0. The summed E-state index contributed by atoms with van der Waals surface area (Å²) in [6.45, 7) is 4.07. The van der Waals surface area contributed by atoms with E-state index in [0.717, 1.165) is 11.5 Å². The van der Waals surface area contributed by atoms with Gasteiger partial charge in [0.1, 0.15) is 0 Å². The number of hydrogen-bond acceptors (Lipinski definition) is 3. The molecule has 0 radical (unpaired) electrons. The van der Waals surface area contributed by atoms with E-state index in [1.165, 1.54) is 0 Å². The topological polar surface area (TPSA) is 55.1 Å². The Bertz CT molecular complexity index is 398. The first-order valence-electron chi connectivity index (χ1n) is 5.48. The number of anilines is 1. The monoisotopic (exact) mass is 272 g/mol. The summed E-state index contributed by atoms with van der Waals surface area (Å²) in [4.78, 5) is 11.9. The van der Waals surface area contributed by atoms with Crippen LogP contribution >= 0.6 is 23.4 Å². The summed E-state index contributed by atoms with van der Waals surface area (Å²) in [5.41, 5.74) is 6.63. The number of rotatable bonds is 5. The molecular weight excluding hydrogens is 256 g/mol.